The van der Waals surface area contributed by atoms with Gasteiger partial charge in [-0.1, -0.05) is 200 Å². The maximum atomic E-state index is 9.12. The van der Waals surface area contributed by atoms with Crippen LogP contribution < -0.4 is 10.2 Å². The first-order valence-corrected chi connectivity index (χ1v) is 21.2. The summed E-state index contributed by atoms with van der Waals surface area (Å²) in [6.45, 7) is 0. The summed E-state index contributed by atoms with van der Waals surface area (Å²) in [6.07, 6.45) is 1.37. The number of amidine groups is 1. The zero-order chi connectivity index (χ0) is 41.5. The first kappa shape index (κ1) is 37.0. The molecule has 0 fully saturated rings. The number of rotatable bonds is 8. The molecule has 1 aliphatic heterocycles. The van der Waals surface area contributed by atoms with Gasteiger partial charge in [-0.3, -0.25) is 10.4 Å². The minimum atomic E-state index is -0.527. The van der Waals surface area contributed by atoms with Gasteiger partial charge in [-0.2, -0.15) is 0 Å². The molecule has 62 heavy (non-hydrogen) atoms. The van der Waals surface area contributed by atoms with E-state index in [1.54, 1.807) is 0 Å². The van der Waals surface area contributed by atoms with Crippen LogP contribution in [0.5, 0.6) is 0 Å². The second-order valence-corrected chi connectivity index (χ2v) is 15.9. The van der Waals surface area contributed by atoms with Crippen LogP contribution in [0.3, 0.4) is 0 Å². The van der Waals surface area contributed by atoms with Crippen molar-refractivity contribution in [3.05, 3.63) is 269 Å². The van der Waals surface area contributed by atoms with Crippen molar-refractivity contribution < 1.29 is 0 Å². The topological polar surface area (TPSA) is 51.5 Å². The van der Waals surface area contributed by atoms with Gasteiger partial charge in [0.15, 0.2) is 0 Å². The highest BCUT2D eigenvalue weighted by atomic mass is 15.2. The molecule has 0 aromatic heterocycles. The van der Waals surface area contributed by atoms with Crippen molar-refractivity contribution in [1.29, 1.82) is 5.41 Å². The Kier molecular flexibility index (Phi) is 9.24. The molecule has 9 aromatic rings. The molecule has 4 heteroatoms. The van der Waals surface area contributed by atoms with Crippen molar-refractivity contribution >= 4 is 29.1 Å². The van der Waals surface area contributed by atoms with Gasteiger partial charge < -0.3 is 10.2 Å². The first-order valence-electron chi connectivity index (χ1n) is 21.2. The maximum absolute atomic E-state index is 9.12. The van der Waals surface area contributed by atoms with Crippen LogP contribution in [-0.4, -0.2) is 12.1 Å². The van der Waals surface area contributed by atoms with Gasteiger partial charge in [-0.25, -0.2) is 0 Å². The Morgan fingerprint density at radius 1 is 0.468 bits per heavy atom. The molecule has 1 unspecified atom stereocenters. The Bertz CT molecular complexity index is 3090. The molecule has 2 N–H and O–H groups in total. The van der Waals surface area contributed by atoms with E-state index >= 15 is 0 Å². The van der Waals surface area contributed by atoms with Crippen molar-refractivity contribution in [2.45, 2.75) is 11.6 Å². The molecule has 0 saturated carbocycles. The normalized spacial score (nSPS) is 13.5. The van der Waals surface area contributed by atoms with E-state index in [0.29, 0.717) is 5.84 Å². The summed E-state index contributed by atoms with van der Waals surface area (Å²) in [5.41, 5.74) is 17.8. The van der Waals surface area contributed by atoms with Crippen molar-refractivity contribution in [3.8, 4) is 33.4 Å². The van der Waals surface area contributed by atoms with Crippen molar-refractivity contribution in [2.24, 2.45) is 4.99 Å². The van der Waals surface area contributed by atoms with E-state index in [1.165, 1.54) is 44.8 Å². The van der Waals surface area contributed by atoms with Crippen LogP contribution >= 0.6 is 0 Å². The summed E-state index contributed by atoms with van der Waals surface area (Å²) in [5, 5.41) is 12.6. The Balaban J connectivity index is 1.07. The van der Waals surface area contributed by atoms with Gasteiger partial charge >= 0.3 is 0 Å². The third-order valence-corrected chi connectivity index (χ3v) is 12.5. The largest absolute Gasteiger partial charge is 0.345 e. The van der Waals surface area contributed by atoms with Crippen LogP contribution in [-0.2, 0) is 5.41 Å². The minimum Gasteiger partial charge on any atom is -0.345 e. The predicted molar refractivity (Wildman–Crippen MR) is 256 cm³/mol. The van der Waals surface area contributed by atoms with Crippen LogP contribution in [0.4, 0.5) is 17.1 Å². The lowest BCUT2D eigenvalue weighted by Crippen LogP contribution is -2.36. The average Bonchev–Trinajstić information content (AvgIpc) is 3.64. The van der Waals surface area contributed by atoms with E-state index in [4.69, 9.17) is 10.4 Å². The molecule has 0 radical (unpaired) electrons. The first-order chi connectivity index (χ1) is 30.7. The number of nitrogens with one attached hydrogen (secondary N) is 2. The van der Waals surface area contributed by atoms with Gasteiger partial charge in [0.2, 0.25) is 0 Å². The second-order valence-electron chi connectivity index (χ2n) is 15.9. The van der Waals surface area contributed by atoms with E-state index < -0.39 is 11.6 Å². The van der Waals surface area contributed by atoms with Crippen LogP contribution in [0.15, 0.2) is 236 Å². The molecule has 1 atom stereocenters. The lowest BCUT2D eigenvalue weighted by Gasteiger charge is -2.45. The maximum Gasteiger partial charge on any atom is 0.146 e. The lowest BCUT2D eigenvalue weighted by molar-refractivity contribution is 0.687. The SMILES string of the molecule is N=C(NC(/N=C/c1ccccc1)c1ccccc1-c1ccccc1-c1ccc2c(c1)-c1ccccc1C21c2ccccc2N(c2ccccc2)c2ccccc21)c1ccccc1. The Morgan fingerprint density at radius 3 is 1.68 bits per heavy atom. The van der Waals surface area contributed by atoms with Gasteiger partial charge in [0.05, 0.1) is 16.8 Å². The van der Waals surface area contributed by atoms with E-state index in [2.05, 4.69) is 180 Å². The van der Waals surface area contributed by atoms with Crippen LogP contribution in [0, 0.1) is 5.41 Å². The number of aliphatic imine (C=N–C) groups is 1. The third kappa shape index (κ3) is 6.07. The van der Waals surface area contributed by atoms with Crippen LogP contribution in [0.25, 0.3) is 33.4 Å². The van der Waals surface area contributed by atoms with Gasteiger partial charge in [0.25, 0.3) is 0 Å². The van der Waals surface area contributed by atoms with E-state index in [1.807, 2.05) is 66.9 Å². The molecule has 9 aromatic carbocycles. The van der Waals surface area contributed by atoms with E-state index in [-0.39, 0.29) is 0 Å². The zero-order valence-electron chi connectivity index (χ0n) is 34.0. The molecule has 11 rings (SSSR count). The fourth-order valence-electron chi connectivity index (χ4n) is 9.80. The van der Waals surface area contributed by atoms with Gasteiger partial charge in [0.1, 0.15) is 12.0 Å². The Morgan fingerprint density at radius 2 is 0.984 bits per heavy atom. The Labute approximate surface area is 362 Å². The summed E-state index contributed by atoms with van der Waals surface area (Å²) in [5.74, 6) is 0.313. The summed E-state index contributed by atoms with van der Waals surface area (Å²) in [6, 6.07) is 81.8. The molecule has 0 saturated heterocycles. The monoisotopic (exact) mass is 794 g/mol. The number of nitrogens with zero attached hydrogens (tertiary/aromatic N) is 2. The third-order valence-electron chi connectivity index (χ3n) is 12.5. The molecule has 1 heterocycles. The van der Waals surface area contributed by atoms with Crippen molar-refractivity contribution in [2.75, 3.05) is 4.90 Å². The Hall–Kier alpha value is -8.08. The number of para-hydroxylation sites is 3. The zero-order valence-corrected chi connectivity index (χ0v) is 34.0. The van der Waals surface area contributed by atoms with Gasteiger partial charge in [-0.15, -0.1) is 0 Å². The van der Waals surface area contributed by atoms with E-state index in [0.717, 1.165) is 44.6 Å². The minimum absolute atomic E-state index is 0.313. The van der Waals surface area contributed by atoms with E-state index in [9.17, 15) is 0 Å². The second kappa shape index (κ2) is 15.5. The number of hydrogen-bond acceptors (Lipinski definition) is 3. The molecule has 294 valence electrons. The standard InChI is InChI=1S/C58H42N4/c59-56(41-22-6-2-7-23-41)61-57(60-39-40-20-4-1-5-21-40)48-30-13-12-28-46(48)45-27-11-10-26-44(45)42-36-37-51-49(38-42)47-29-14-15-31-50(47)58(51)52-32-16-18-34-54(52)62(43-24-8-3-9-25-43)55-35-19-17-33-53(55)58/h1-39,57H,(H2,59,61)/b60-39+. The van der Waals surface area contributed by atoms with Gasteiger partial charge in [0, 0.05) is 23.0 Å². The quantitative estimate of drug-likeness (QED) is 0.119. The molecule has 0 bridgehead atoms. The number of fused-ring (bicyclic) bond motifs is 9. The summed E-state index contributed by atoms with van der Waals surface area (Å²) in [7, 11) is 0. The number of hydrogen-bond donors (Lipinski definition) is 2. The predicted octanol–water partition coefficient (Wildman–Crippen LogP) is 13.9. The molecule has 1 aliphatic carbocycles. The van der Waals surface area contributed by atoms with Gasteiger partial charge in [-0.05, 0) is 91.5 Å². The smallest absolute Gasteiger partial charge is 0.146 e. The van der Waals surface area contributed by atoms with Crippen molar-refractivity contribution in [1.82, 2.24) is 5.32 Å². The van der Waals surface area contributed by atoms with Crippen LogP contribution in [0.1, 0.15) is 45.1 Å². The summed E-state index contributed by atoms with van der Waals surface area (Å²) >= 11 is 0. The highest BCUT2D eigenvalue weighted by Crippen LogP contribution is 2.63. The van der Waals surface area contributed by atoms with Crippen LogP contribution in [0.2, 0.25) is 0 Å². The highest BCUT2D eigenvalue weighted by molar-refractivity contribution is 5.99. The molecule has 0 amide bonds. The summed E-state index contributed by atoms with van der Waals surface area (Å²) in [4.78, 5) is 7.54. The van der Waals surface area contributed by atoms with Crippen molar-refractivity contribution in [3.63, 3.8) is 0 Å². The summed E-state index contributed by atoms with van der Waals surface area (Å²) < 4.78 is 0. The highest BCUT2D eigenvalue weighted by Gasteiger charge is 2.51. The molecule has 1 spiro atoms. The fourth-order valence-corrected chi connectivity index (χ4v) is 9.80. The average molecular weight is 795 g/mol. The lowest BCUT2D eigenvalue weighted by atomic mass is 9.64. The molecular formula is C58H42N4. The number of benzene rings is 9. The molecule has 4 nitrogen and oxygen atoms in total. The number of anilines is 3. The molecular weight excluding hydrogens is 753 g/mol. The fraction of sp³-hybridized carbons (Fsp3) is 0.0345. The molecule has 2 aliphatic rings.